The normalized spacial score (nSPS) is 20.5. The van der Waals surface area contributed by atoms with E-state index < -0.39 is 23.3 Å². The molecule has 0 bridgehead atoms. The highest BCUT2D eigenvalue weighted by Gasteiger charge is 2.49. The van der Waals surface area contributed by atoms with Gasteiger partial charge in [0.2, 0.25) is 0 Å². The largest absolute Gasteiger partial charge is 0.489 e. The number of aromatic nitrogens is 2. The van der Waals surface area contributed by atoms with Crippen LogP contribution in [0.1, 0.15) is 50.2 Å². The summed E-state index contributed by atoms with van der Waals surface area (Å²) in [5, 5.41) is 10.4. The van der Waals surface area contributed by atoms with Crippen LogP contribution in [-0.2, 0) is 0 Å². The predicted octanol–water partition coefficient (Wildman–Crippen LogP) is 8.51. The van der Waals surface area contributed by atoms with Crippen LogP contribution in [0, 0.1) is 23.0 Å². The molecule has 0 saturated carbocycles. The van der Waals surface area contributed by atoms with Crippen molar-refractivity contribution in [2.24, 2.45) is 0 Å². The fourth-order valence-electron chi connectivity index (χ4n) is 7.67. The lowest BCUT2D eigenvalue weighted by Crippen LogP contribution is -2.43. The number of nitrogens with two attached hydrogens (primary N) is 1. The van der Waals surface area contributed by atoms with E-state index in [-0.39, 0.29) is 78.6 Å². The average Bonchev–Trinajstić information content (AvgIpc) is 3.68. The number of thiophene rings is 1. The standard InChI is InChI=1S/C36H32ClF3N6O2S/c1-18(2)19-5-3-6-21(13-19)46-11-12-47-31-27-30(43-35(44-34(27)46)48-17-36-9-4-10-45(36)16-20(38)14-36)29(40)26(28(31)37)22-7-8-24(39)32-25(22)23(15-41)33(42)49-32/h3,5-8,13,18,20H,4,9-12,14,16-17,42H2,1-2H3/t20-,36?/m1/s1. The van der Waals surface area contributed by atoms with E-state index in [0.29, 0.717) is 25.3 Å². The van der Waals surface area contributed by atoms with Crippen LogP contribution in [0.4, 0.5) is 29.7 Å². The van der Waals surface area contributed by atoms with E-state index in [0.717, 1.165) is 42.0 Å². The maximum Gasteiger partial charge on any atom is 0.319 e. The summed E-state index contributed by atoms with van der Waals surface area (Å²) < 4.78 is 59.6. The van der Waals surface area contributed by atoms with Crippen molar-refractivity contribution in [2.75, 3.05) is 43.5 Å². The molecule has 5 aromatic rings. The zero-order valence-corrected chi connectivity index (χ0v) is 28.4. The second-order valence-corrected chi connectivity index (χ2v) is 14.7. The summed E-state index contributed by atoms with van der Waals surface area (Å²) in [6.45, 7) is 6.01. The quantitative estimate of drug-likeness (QED) is 0.188. The van der Waals surface area contributed by atoms with Gasteiger partial charge in [0.1, 0.15) is 41.8 Å². The minimum Gasteiger partial charge on any atom is -0.489 e. The zero-order valence-electron chi connectivity index (χ0n) is 26.8. The highest BCUT2D eigenvalue weighted by Crippen LogP contribution is 2.51. The molecular formula is C36H32ClF3N6O2S. The monoisotopic (exact) mass is 704 g/mol. The predicted molar refractivity (Wildman–Crippen MR) is 186 cm³/mol. The van der Waals surface area contributed by atoms with Gasteiger partial charge < -0.3 is 20.1 Å². The van der Waals surface area contributed by atoms with Crippen molar-refractivity contribution < 1.29 is 22.6 Å². The van der Waals surface area contributed by atoms with Crippen LogP contribution < -0.4 is 20.1 Å². The molecule has 5 heterocycles. The van der Waals surface area contributed by atoms with Crippen LogP contribution in [0.15, 0.2) is 36.4 Å². The van der Waals surface area contributed by atoms with Gasteiger partial charge in [0.05, 0.1) is 32.8 Å². The van der Waals surface area contributed by atoms with Gasteiger partial charge in [-0.25, -0.2) is 13.2 Å². The molecular weight excluding hydrogens is 673 g/mol. The summed E-state index contributed by atoms with van der Waals surface area (Å²) in [7, 11) is 0. The van der Waals surface area contributed by atoms with Crippen molar-refractivity contribution in [3.63, 3.8) is 0 Å². The van der Waals surface area contributed by atoms with E-state index >= 15 is 8.78 Å². The van der Waals surface area contributed by atoms with Gasteiger partial charge >= 0.3 is 6.01 Å². The third kappa shape index (κ3) is 5.04. The maximum atomic E-state index is 17.3. The molecule has 2 saturated heterocycles. The van der Waals surface area contributed by atoms with Crippen LogP contribution in [0.25, 0.3) is 32.1 Å². The number of hydrogen-bond donors (Lipinski definition) is 1. The van der Waals surface area contributed by atoms with E-state index in [1.807, 2.05) is 29.2 Å². The third-order valence-electron chi connectivity index (χ3n) is 10.0. The molecule has 0 aliphatic carbocycles. The number of rotatable bonds is 6. The summed E-state index contributed by atoms with van der Waals surface area (Å²) in [4.78, 5) is 13.5. The van der Waals surface area contributed by atoms with Crippen molar-refractivity contribution in [1.82, 2.24) is 14.9 Å². The molecule has 0 amide bonds. The second-order valence-electron chi connectivity index (χ2n) is 13.3. The molecule has 8 rings (SSSR count). The van der Waals surface area contributed by atoms with Crippen LogP contribution in [0.5, 0.6) is 11.8 Å². The first-order chi connectivity index (χ1) is 23.6. The molecule has 8 nitrogen and oxygen atoms in total. The summed E-state index contributed by atoms with van der Waals surface area (Å²) in [5.74, 6) is -0.645. The van der Waals surface area contributed by atoms with Gasteiger partial charge in [-0.2, -0.15) is 15.2 Å². The number of nitrogens with zero attached hydrogens (tertiary/aromatic N) is 5. The van der Waals surface area contributed by atoms with Crippen LogP contribution >= 0.6 is 22.9 Å². The highest BCUT2D eigenvalue weighted by atomic mass is 35.5. The van der Waals surface area contributed by atoms with Crippen molar-refractivity contribution in [3.05, 3.63) is 64.2 Å². The minimum atomic E-state index is -0.950. The number of nitriles is 1. The van der Waals surface area contributed by atoms with Crippen LogP contribution in [0.3, 0.4) is 0 Å². The number of alkyl halides is 1. The van der Waals surface area contributed by atoms with Crippen molar-refractivity contribution in [3.8, 4) is 29.0 Å². The molecule has 0 spiro atoms. The van der Waals surface area contributed by atoms with E-state index in [1.54, 1.807) is 0 Å². The Morgan fingerprint density at radius 1 is 1.20 bits per heavy atom. The number of ether oxygens (including phenoxy) is 2. The van der Waals surface area contributed by atoms with Gasteiger partial charge in [0.15, 0.2) is 17.4 Å². The number of hydrogen-bond acceptors (Lipinski definition) is 9. The van der Waals surface area contributed by atoms with Gasteiger partial charge in [-0.1, -0.05) is 43.6 Å². The lowest BCUT2D eigenvalue weighted by molar-refractivity contribution is 0.107. The summed E-state index contributed by atoms with van der Waals surface area (Å²) in [6, 6.07) is 12.6. The average molecular weight is 705 g/mol. The smallest absolute Gasteiger partial charge is 0.319 e. The fraction of sp³-hybridized carbons (Fsp3) is 0.361. The fourth-order valence-corrected chi connectivity index (χ4v) is 8.95. The summed E-state index contributed by atoms with van der Waals surface area (Å²) in [6.07, 6.45) is 1.11. The Labute approximate surface area is 289 Å². The van der Waals surface area contributed by atoms with E-state index in [4.69, 9.17) is 31.8 Å². The third-order valence-corrected chi connectivity index (χ3v) is 11.4. The van der Waals surface area contributed by atoms with Gasteiger partial charge in [0, 0.05) is 29.6 Å². The summed E-state index contributed by atoms with van der Waals surface area (Å²) >= 11 is 7.96. The molecule has 49 heavy (non-hydrogen) atoms. The lowest BCUT2D eigenvalue weighted by Gasteiger charge is -2.31. The van der Waals surface area contributed by atoms with Crippen LogP contribution in [-0.4, -0.2) is 59.4 Å². The Bertz CT molecular complexity index is 2210. The number of halogens is 4. The molecule has 1 unspecified atom stereocenters. The SMILES string of the molecule is CC(C)c1cccc(N2CCOc3c(Cl)c(-c4ccc(F)c5sc(N)c(C#N)c45)c(F)c4nc(OCC56CCCN5C[C@H](F)C6)nc2c34)c1. The first kappa shape index (κ1) is 31.9. The Kier molecular flexibility index (Phi) is 7.77. The summed E-state index contributed by atoms with van der Waals surface area (Å²) in [5.41, 5.74) is 7.54. The van der Waals surface area contributed by atoms with Crippen molar-refractivity contribution in [2.45, 2.75) is 50.7 Å². The van der Waals surface area contributed by atoms with Gasteiger partial charge in [-0.3, -0.25) is 4.90 Å². The molecule has 3 aliphatic rings. The van der Waals surface area contributed by atoms with Crippen molar-refractivity contribution >= 4 is 60.4 Å². The first-order valence-electron chi connectivity index (χ1n) is 16.3. The highest BCUT2D eigenvalue weighted by molar-refractivity contribution is 7.23. The van der Waals surface area contributed by atoms with Gasteiger partial charge in [-0.15, -0.1) is 11.3 Å². The minimum absolute atomic E-state index is 0.0311. The molecule has 13 heteroatoms. The van der Waals surface area contributed by atoms with Gasteiger partial charge in [-0.05, 0) is 54.6 Å². The number of fused-ring (bicyclic) bond motifs is 2. The number of benzene rings is 3. The number of nitrogen functional groups attached to an aromatic ring is 1. The zero-order chi connectivity index (χ0) is 34.2. The molecule has 2 N–H and O–H groups in total. The van der Waals surface area contributed by atoms with E-state index in [1.165, 1.54) is 12.1 Å². The van der Waals surface area contributed by atoms with Gasteiger partial charge in [0.25, 0.3) is 0 Å². The topological polar surface area (TPSA) is 101 Å². The molecule has 2 aromatic heterocycles. The Morgan fingerprint density at radius 3 is 2.84 bits per heavy atom. The first-order valence-corrected chi connectivity index (χ1v) is 17.5. The van der Waals surface area contributed by atoms with E-state index in [9.17, 15) is 9.65 Å². The lowest BCUT2D eigenvalue weighted by atomic mass is 9.95. The Morgan fingerprint density at radius 2 is 2.04 bits per heavy atom. The van der Waals surface area contributed by atoms with Crippen LogP contribution in [0.2, 0.25) is 5.02 Å². The second kappa shape index (κ2) is 11.9. The Hall–Kier alpha value is -4.31. The molecule has 0 radical (unpaired) electrons. The molecule has 252 valence electrons. The molecule has 2 atom stereocenters. The Balaban J connectivity index is 1.36. The van der Waals surface area contributed by atoms with E-state index in [2.05, 4.69) is 29.8 Å². The molecule has 2 fully saturated rings. The molecule has 3 aliphatic heterocycles. The number of anilines is 3. The maximum absolute atomic E-state index is 17.3. The van der Waals surface area contributed by atoms with Crippen molar-refractivity contribution in [1.29, 1.82) is 5.26 Å². The molecule has 3 aromatic carbocycles.